The normalized spacial score (nSPS) is 27.5. The van der Waals surface area contributed by atoms with Crippen LogP contribution in [0.4, 0.5) is 0 Å². The molecule has 1 heterocycles. The molecule has 0 spiro atoms. The van der Waals surface area contributed by atoms with Crippen molar-refractivity contribution in [3.63, 3.8) is 0 Å². The molecule has 1 saturated heterocycles. The van der Waals surface area contributed by atoms with E-state index in [0.29, 0.717) is 6.04 Å². The van der Waals surface area contributed by atoms with Gasteiger partial charge in [0.2, 0.25) is 0 Å². The molecule has 1 rings (SSSR count). The van der Waals surface area contributed by atoms with Gasteiger partial charge in [-0.15, -0.1) is 0 Å². The number of nitrogens with one attached hydrogen (secondary N) is 1. The van der Waals surface area contributed by atoms with Gasteiger partial charge in [-0.3, -0.25) is 4.90 Å². The summed E-state index contributed by atoms with van der Waals surface area (Å²) in [4.78, 5) is 12.6. The molecule has 1 fully saturated rings. The molecule has 3 N–H and O–H groups in total. The number of carbonyl (C=O) groups is 1. The summed E-state index contributed by atoms with van der Waals surface area (Å²) in [6, 6.07) is 0.416. The lowest BCUT2D eigenvalue weighted by molar-refractivity contribution is -0.158. The van der Waals surface area contributed by atoms with Gasteiger partial charge in [-0.05, 0) is 26.9 Å². The van der Waals surface area contributed by atoms with Crippen molar-refractivity contribution in [2.45, 2.75) is 25.0 Å². The molecule has 1 aliphatic rings. The number of β-amino-alcohol motifs (C(OH)–C–C–N with tert-alkyl or cyclic N) is 1. The summed E-state index contributed by atoms with van der Waals surface area (Å²) in [6.45, 7) is 3.18. The van der Waals surface area contributed by atoms with Crippen molar-refractivity contribution in [1.82, 2.24) is 10.2 Å². The first-order chi connectivity index (χ1) is 6.45. The zero-order chi connectivity index (χ0) is 10.8. The molecule has 14 heavy (non-hydrogen) atoms. The van der Waals surface area contributed by atoms with Gasteiger partial charge in [0.05, 0.1) is 0 Å². The van der Waals surface area contributed by atoms with Gasteiger partial charge in [-0.2, -0.15) is 0 Å². The van der Waals surface area contributed by atoms with Crippen LogP contribution in [0.2, 0.25) is 0 Å². The van der Waals surface area contributed by atoms with Crippen molar-refractivity contribution in [3.8, 4) is 0 Å². The highest BCUT2D eigenvalue weighted by Gasteiger charge is 2.34. The number of likely N-dealkylation sites (tertiary alicyclic amines) is 1. The van der Waals surface area contributed by atoms with Crippen LogP contribution in [0.15, 0.2) is 0 Å². The van der Waals surface area contributed by atoms with E-state index in [-0.39, 0.29) is 6.54 Å². The van der Waals surface area contributed by atoms with Crippen LogP contribution in [-0.2, 0) is 4.79 Å². The molecular formula is C9H18N2O3. The third-order valence-corrected chi connectivity index (χ3v) is 2.67. The molecule has 0 aromatic rings. The standard InChI is InChI=1S/C9H18N2O3/c1-9(14,8(12)13)6-11-4-3-7(5-11)10-2/h7,10,14H,3-6H2,1-2H3,(H,12,13). The minimum absolute atomic E-state index is 0.195. The Balaban J connectivity index is 2.42. The smallest absolute Gasteiger partial charge is 0.336 e. The van der Waals surface area contributed by atoms with E-state index < -0.39 is 11.6 Å². The van der Waals surface area contributed by atoms with E-state index in [1.807, 2.05) is 11.9 Å². The zero-order valence-corrected chi connectivity index (χ0v) is 8.66. The zero-order valence-electron chi connectivity index (χ0n) is 8.66. The van der Waals surface area contributed by atoms with Crippen LogP contribution in [0.25, 0.3) is 0 Å². The topological polar surface area (TPSA) is 72.8 Å². The van der Waals surface area contributed by atoms with Crippen LogP contribution in [0.1, 0.15) is 13.3 Å². The third-order valence-electron chi connectivity index (χ3n) is 2.67. The van der Waals surface area contributed by atoms with Gasteiger partial charge in [-0.25, -0.2) is 4.79 Å². The number of hydrogen-bond donors (Lipinski definition) is 3. The second-order valence-electron chi connectivity index (χ2n) is 4.09. The van der Waals surface area contributed by atoms with Gasteiger partial charge in [0, 0.05) is 19.1 Å². The molecule has 0 bridgehead atoms. The van der Waals surface area contributed by atoms with Gasteiger partial charge in [-0.1, -0.05) is 0 Å². The lowest BCUT2D eigenvalue weighted by Gasteiger charge is -2.24. The van der Waals surface area contributed by atoms with Crippen molar-refractivity contribution in [2.24, 2.45) is 0 Å². The van der Waals surface area contributed by atoms with E-state index in [9.17, 15) is 9.90 Å². The monoisotopic (exact) mass is 202 g/mol. The highest BCUT2D eigenvalue weighted by atomic mass is 16.4. The second-order valence-corrected chi connectivity index (χ2v) is 4.09. The van der Waals surface area contributed by atoms with Crippen LogP contribution in [0, 0.1) is 0 Å². The lowest BCUT2D eigenvalue weighted by atomic mass is 10.1. The van der Waals surface area contributed by atoms with Gasteiger partial charge >= 0.3 is 5.97 Å². The van der Waals surface area contributed by atoms with Crippen LogP contribution in [0.3, 0.4) is 0 Å². The summed E-state index contributed by atoms with van der Waals surface area (Å²) in [7, 11) is 1.89. The molecule has 0 saturated carbocycles. The molecule has 0 amide bonds. The fraction of sp³-hybridized carbons (Fsp3) is 0.889. The lowest BCUT2D eigenvalue weighted by Crippen LogP contribution is -2.46. The predicted molar refractivity (Wildman–Crippen MR) is 52.2 cm³/mol. The van der Waals surface area contributed by atoms with E-state index in [2.05, 4.69) is 5.32 Å². The molecule has 2 unspecified atom stereocenters. The third kappa shape index (κ3) is 2.67. The van der Waals surface area contributed by atoms with Crippen molar-refractivity contribution in [2.75, 3.05) is 26.7 Å². The number of aliphatic hydroxyl groups is 1. The van der Waals surface area contributed by atoms with Crippen molar-refractivity contribution >= 4 is 5.97 Å². The highest BCUT2D eigenvalue weighted by molar-refractivity contribution is 5.76. The SMILES string of the molecule is CNC1CCN(CC(C)(O)C(=O)O)C1. The maximum absolute atomic E-state index is 10.7. The van der Waals surface area contributed by atoms with Crippen molar-refractivity contribution in [1.29, 1.82) is 0 Å². The Morgan fingerprint density at radius 2 is 2.36 bits per heavy atom. The van der Waals surface area contributed by atoms with E-state index in [1.165, 1.54) is 6.92 Å². The molecule has 0 aliphatic carbocycles. The molecule has 0 aromatic heterocycles. The molecule has 0 radical (unpaired) electrons. The van der Waals surface area contributed by atoms with Crippen molar-refractivity contribution < 1.29 is 15.0 Å². The first-order valence-corrected chi connectivity index (χ1v) is 4.81. The first kappa shape index (κ1) is 11.4. The summed E-state index contributed by atoms with van der Waals surface area (Å²) in [5.74, 6) is -1.16. The largest absolute Gasteiger partial charge is 0.479 e. The fourth-order valence-electron chi connectivity index (χ4n) is 1.71. The number of aliphatic carboxylic acids is 1. The number of rotatable bonds is 4. The Morgan fingerprint density at radius 3 is 2.79 bits per heavy atom. The second kappa shape index (κ2) is 4.25. The summed E-state index contributed by atoms with van der Waals surface area (Å²) in [5.41, 5.74) is -1.64. The van der Waals surface area contributed by atoms with Crippen LogP contribution in [0.5, 0.6) is 0 Å². The molecular weight excluding hydrogens is 184 g/mol. The molecule has 0 aromatic carbocycles. The molecule has 5 heteroatoms. The van der Waals surface area contributed by atoms with E-state index >= 15 is 0 Å². The molecule has 1 aliphatic heterocycles. The Bertz CT molecular complexity index is 218. The number of likely N-dealkylation sites (N-methyl/N-ethyl adjacent to an activating group) is 1. The Hall–Kier alpha value is -0.650. The minimum Gasteiger partial charge on any atom is -0.479 e. The number of hydrogen-bond acceptors (Lipinski definition) is 4. The van der Waals surface area contributed by atoms with Gasteiger partial charge in [0.15, 0.2) is 5.60 Å². The number of nitrogens with zero attached hydrogens (tertiary/aromatic N) is 1. The van der Waals surface area contributed by atoms with Gasteiger partial charge < -0.3 is 15.5 Å². The van der Waals surface area contributed by atoms with E-state index in [1.54, 1.807) is 0 Å². The van der Waals surface area contributed by atoms with Gasteiger partial charge in [0.1, 0.15) is 0 Å². The number of carboxylic acid groups (broad SMARTS) is 1. The van der Waals surface area contributed by atoms with Crippen molar-refractivity contribution in [3.05, 3.63) is 0 Å². The van der Waals surface area contributed by atoms with Crippen LogP contribution < -0.4 is 5.32 Å². The van der Waals surface area contributed by atoms with Crippen LogP contribution >= 0.6 is 0 Å². The summed E-state index contributed by atoms with van der Waals surface area (Å²) in [5, 5.41) is 21.4. The predicted octanol–water partition coefficient (Wildman–Crippen LogP) is -0.884. The Labute approximate surface area is 83.7 Å². The fourth-order valence-corrected chi connectivity index (χ4v) is 1.71. The summed E-state index contributed by atoms with van der Waals surface area (Å²) < 4.78 is 0. The first-order valence-electron chi connectivity index (χ1n) is 4.81. The van der Waals surface area contributed by atoms with E-state index in [0.717, 1.165) is 19.5 Å². The van der Waals surface area contributed by atoms with Gasteiger partial charge in [0.25, 0.3) is 0 Å². The number of carboxylic acids is 1. The highest BCUT2D eigenvalue weighted by Crippen LogP contribution is 2.13. The molecule has 5 nitrogen and oxygen atoms in total. The Morgan fingerprint density at radius 1 is 1.71 bits per heavy atom. The summed E-state index contributed by atoms with van der Waals surface area (Å²) in [6.07, 6.45) is 1.01. The Kier molecular flexibility index (Phi) is 3.47. The summed E-state index contributed by atoms with van der Waals surface area (Å²) >= 11 is 0. The quantitative estimate of drug-likeness (QED) is 0.552. The average molecular weight is 202 g/mol. The molecule has 2 atom stereocenters. The maximum atomic E-state index is 10.7. The van der Waals surface area contributed by atoms with Crippen LogP contribution in [-0.4, -0.2) is 59.4 Å². The van der Waals surface area contributed by atoms with E-state index in [4.69, 9.17) is 5.11 Å². The minimum atomic E-state index is -1.64. The average Bonchev–Trinajstić information content (AvgIpc) is 2.51. The molecule has 82 valence electrons. The maximum Gasteiger partial charge on any atom is 0.336 e.